The number of aromatic nitrogens is 2. The molecule has 0 saturated carbocycles. The standard InChI is InChI=1S/C22H27N5O3/c1-2-3-4-12-29-18-10-9-15-13-17(8-7-16(15)14-18)20-24-21(30-26-20)19-6-5-11-27(19)22(23)25-28/h7-10,13-14,19,28H,2-6,11-12H2,1H3,(H2,23,25)/t19-/m0/s1. The topological polar surface area (TPSA) is 110 Å². The summed E-state index contributed by atoms with van der Waals surface area (Å²) in [6, 6.07) is 12.0. The third-order valence-electron chi connectivity index (χ3n) is 5.46. The molecule has 2 heterocycles. The highest BCUT2D eigenvalue weighted by atomic mass is 16.5. The average molecular weight is 409 g/mol. The van der Waals surface area contributed by atoms with Crippen LogP contribution in [0, 0.1) is 0 Å². The monoisotopic (exact) mass is 409 g/mol. The molecule has 0 unspecified atom stereocenters. The van der Waals surface area contributed by atoms with Gasteiger partial charge in [0.2, 0.25) is 17.7 Å². The Morgan fingerprint density at radius 3 is 2.93 bits per heavy atom. The van der Waals surface area contributed by atoms with E-state index in [1.165, 1.54) is 12.8 Å². The Labute approximate surface area is 175 Å². The molecule has 0 bridgehead atoms. The molecule has 2 aromatic carbocycles. The maximum absolute atomic E-state index is 8.98. The van der Waals surface area contributed by atoms with Crippen molar-refractivity contribution in [2.45, 2.75) is 45.1 Å². The summed E-state index contributed by atoms with van der Waals surface area (Å²) in [4.78, 5) is 6.35. The first-order valence-electron chi connectivity index (χ1n) is 10.4. The summed E-state index contributed by atoms with van der Waals surface area (Å²) in [6.45, 7) is 3.62. The Hall–Kier alpha value is -3.29. The van der Waals surface area contributed by atoms with Crippen LogP contribution in [0.3, 0.4) is 0 Å². The highest BCUT2D eigenvalue weighted by Gasteiger charge is 2.32. The number of ether oxygens (including phenoxy) is 1. The van der Waals surface area contributed by atoms with E-state index >= 15 is 0 Å². The Morgan fingerprint density at radius 1 is 1.27 bits per heavy atom. The molecule has 1 fully saturated rings. The fourth-order valence-electron chi connectivity index (χ4n) is 3.84. The minimum absolute atomic E-state index is 0.0654. The zero-order valence-corrected chi connectivity index (χ0v) is 17.1. The molecule has 0 spiro atoms. The molecule has 8 nitrogen and oxygen atoms in total. The number of guanidine groups is 1. The van der Waals surface area contributed by atoms with E-state index in [2.05, 4.69) is 28.3 Å². The SMILES string of the molecule is CCCCCOc1ccc2cc(-c3noc([C@@H]4CCCN4/C(N)=N/O)n3)ccc2c1. The second-order valence-electron chi connectivity index (χ2n) is 7.55. The molecule has 1 atom stereocenters. The number of rotatable bonds is 7. The Balaban J connectivity index is 1.51. The summed E-state index contributed by atoms with van der Waals surface area (Å²) in [6.07, 6.45) is 5.17. The highest BCUT2D eigenvalue weighted by Crippen LogP contribution is 2.32. The van der Waals surface area contributed by atoms with Gasteiger partial charge in [-0.05, 0) is 48.2 Å². The van der Waals surface area contributed by atoms with Crippen molar-refractivity contribution in [2.75, 3.05) is 13.2 Å². The second kappa shape index (κ2) is 9.02. The van der Waals surface area contributed by atoms with Crippen molar-refractivity contribution in [2.24, 2.45) is 10.9 Å². The third kappa shape index (κ3) is 4.17. The molecule has 0 amide bonds. The fraction of sp³-hybridized carbons (Fsp3) is 0.409. The number of nitrogens with zero attached hydrogens (tertiary/aromatic N) is 4. The average Bonchev–Trinajstić information content (AvgIpc) is 3.45. The zero-order valence-electron chi connectivity index (χ0n) is 17.1. The summed E-state index contributed by atoms with van der Waals surface area (Å²) in [5.74, 6) is 1.96. The van der Waals surface area contributed by atoms with E-state index in [4.69, 9.17) is 20.2 Å². The van der Waals surface area contributed by atoms with Crippen molar-refractivity contribution in [1.29, 1.82) is 0 Å². The molecule has 1 aliphatic rings. The summed E-state index contributed by atoms with van der Waals surface area (Å²) in [5, 5.41) is 18.4. The molecule has 0 aliphatic carbocycles. The smallest absolute Gasteiger partial charge is 0.249 e. The van der Waals surface area contributed by atoms with Crippen molar-refractivity contribution in [3.05, 3.63) is 42.3 Å². The van der Waals surface area contributed by atoms with E-state index in [0.29, 0.717) is 18.3 Å². The first-order valence-corrected chi connectivity index (χ1v) is 10.4. The lowest BCUT2D eigenvalue weighted by molar-refractivity contribution is 0.263. The maximum Gasteiger partial charge on any atom is 0.249 e. The number of hydrogen-bond donors (Lipinski definition) is 2. The Bertz CT molecular complexity index is 1030. The predicted octanol–water partition coefficient (Wildman–Crippen LogP) is 4.30. The number of likely N-dealkylation sites (tertiary alicyclic amines) is 1. The van der Waals surface area contributed by atoms with Crippen molar-refractivity contribution in [1.82, 2.24) is 15.0 Å². The zero-order chi connectivity index (χ0) is 20.9. The second-order valence-corrected chi connectivity index (χ2v) is 7.55. The van der Waals surface area contributed by atoms with E-state index in [1.807, 2.05) is 30.3 Å². The molecule has 1 saturated heterocycles. The highest BCUT2D eigenvalue weighted by molar-refractivity contribution is 5.87. The van der Waals surface area contributed by atoms with Crippen LogP contribution in [0.4, 0.5) is 0 Å². The van der Waals surface area contributed by atoms with Gasteiger partial charge < -0.3 is 25.1 Å². The van der Waals surface area contributed by atoms with Gasteiger partial charge in [-0.3, -0.25) is 0 Å². The normalized spacial score (nSPS) is 17.0. The molecule has 158 valence electrons. The van der Waals surface area contributed by atoms with Crippen LogP contribution < -0.4 is 10.5 Å². The molecule has 3 aromatic rings. The van der Waals surface area contributed by atoms with E-state index in [9.17, 15) is 0 Å². The van der Waals surface area contributed by atoms with Crippen LogP contribution in [0.1, 0.15) is 51.0 Å². The minimum atomic E-state index is -0.171. The van der Waals surface area contributed by atoms with Gasteiger partial charge in [0.25, 0.3) is 0 Å². The number of benzene rings is 2. The molecule has 4 rings (SSSR count). The van der Waals surface area contributed by atoms with Crippen LogP contribution >= 0.6 is 0 Å². The lowest BCUT2D eigenvalue weighted by atomic mass is 10.1. The van der Waals surface area contributed by atoms with Crippen LogP contribution in [-0.2, 0) is 0 Å². The van der Waals surface area contributed by atoms with Gasteiger partial charge in [0.1, 0.15) is 11.8 Å². The molecule has 0 radical (unpaired) electrons. The van der Waals surface area contributed by atoms with Gasteiger partial charge in [0.05, 0.1) is 6.61 Å². The van der Waals surface area contributed by atoms with Gasteiger partial charge in [0, 0.05) is 12.1 Å². The summed E-state index contributed by atoms with van der Waals surface area (Å²) >= 11 is 0. The summed E-state index contributed by atoms with van der Waals surface area (Å²) in [5.41, 5.74) is 6.65. The predicted molar refractivity (Wildman–Crippen MR) is 114 cm³/mol. The molecule has 1 aromatic heterocycles. The van der Waals surface area contributed by atoms with Crippen LogP contribution in [0.25, 0.3) is 22.2 Å². The van der Waals surface area contributed by atoms with E-state index in [-0.39, 0.29) is 12.0 Å². The van der Waals surface area contributed by atoms with Crippen molar-refractivity contribution in [3.63, 3.8) is 0 Å². The number of fused-ring (bicyclic) bond motifs is 1. The number of nitrogens with two attached hydrogens (primary N) is 1. The van der Waals surface area contributed by atoms with Crippen molar-refractivity contribution < 1.29 is 14.5 Å². The fourth-order valence-corrected chi connectivity index (χ4v) is 3.84. The van der Waals surface area contributed by atoms with Crippen molar-refractivity contribution in [3.8, 4) is 17.1 Å². The molecule has 1 aliphatic heterocycles. The van der Waals surface area contributed by atoms with E-state index < -0.39 is 0 Å². The lowest BCUT2D eigenvalue weighted by Gasteiger charge is -2.21. The summed E-state index contributed by atoms with van der Waals surface area (Å²) in [7, 11) is 0. The van der Waals surface area contributed by atoms with Crippen LogP contribution in [0.5, 0.6) is 5.75 Å². The molecule has 30 heavy (non-hydrogen) atoms. The molecule has 3 N–H and O–H groups in total. The number of oxime groups is 1. The lowest BCUT2D eigenvalue weighted by Crippen LogP contribution is -2.36. The van der Waals surface area contributed by atoms with E-state index in [0.717, 1.165) is 48.0 Å². The van der Waals surface area contributed by atoms with Gasteiger partial charge >= 0.3 is 0 Å². The molecule has 8 heteroatoms. The van der Waals surface area contributed by atoms with Crippen LogP contribution in [0.15, 0.2) is 46.1 Å². The number of hydrogen-bond acceptors (Lipinski definition) is 6. The first-order chi connectivity index (χ1) is 14.7. The van der Waals surface area contributed by atoms with Crippen molar-refractivity contribution >= 4 is 16.7 Å². The van der Waals surface area contributed by atoms with Gasteiger partial charge in [-0.2, -0.15) is 4.98 Å². The molecular weight excluding hydrogens is 382 g/mol. The van der Waals surface area contributed by atoms with Gasteiger partial charge in [-0.25, -0.2) is 0 Å². The number of unbranched alkanes of at least 4 members (excludes halogenated alkanes) is 2. The van der Waals surface area contributed by atoms with Gasteiger partial charge in [-0.1, -0.05) is 48.3 Å². The molecular formula is C22H27N5O3. The summed E-state index contributed by atoms with van der Waals surface area (Å²) < 4.78 is 11.4. The first kappa shape index (κ1) is 20.0. The quantitative estimate of drug-likeness (QED) is 0.197. The Morgan fingerprint density at radius 2 is 2.10 bits per heavy atom. The van der Waals surface area contributed by atoms with Crippen LogP contribution in [0.2, 0.25) is 0 Å². The maximum atomic E-state index is 8.98. The largest absolute Gasteiger partial charge is 0.494 e. The minimum Gasteiger partial charge on any atom is -0.494 e. The van der Waals surface area contributed by atoms with Crippen LogP contribution in [-0.4, -0.2) is 39.4 Å². The van der Waals surface area contributed by atoms with Gasteiger partial charge in [-0.15, -0.1) is 0 Å². The van der Waals surface area contributed by atoms with Gasteiger partial charge in [0.15, 0.2) is 0 Å². The third-order valence-corrected chi connectivity index (χ3v) is 5.46. The Kier molecular flexibility index (Phi) is 6.02. The van der Waals surface area contributed by atoms with E-state index in [1.54, 1.807) is 4.90 Å².